The highest BCUT2D eigenvalue weighted by molar-refractivity contribution is 5.87. The highest BCUT2D eigenvalue weighted by atomic mass is 16.5. The fourth-order valence-electron chi connectivity index (χ4n) is 3.24. The van der Waals surface area contributed by atoms with Crippen LogP contribution < -0.4 is 10.6 Å². The molecule has 0 saturated carbocycles. The zero-order chi connectivity index (χ0) is 22.1. The Morgan fingerprint density at radius 2 is 2.03 bits per heavy atom. The van der Waals surface area contributed by atoms with E-state index in [1.165, 1.54) is 11.1 Å². The molecule has 2 N–H and O–H groups in total. The molecule has 2 unspecified atom stereocenters. The van der Waals surface area contributed by atoms with Gasteiger partial charge in [0.2, 0.25) is 5.91 Å². The van der Waals surface area contributed by atoms with Crippen molar-refractivity contribution in [2.75, 3.05) is 18.4 Å². The molecule has 0 aliphatic carbocycles. The minimum absolute atomic E-state index is 0.0484. The van der Waals surface area contributed by atoms with Crippen LogP contribution in [0, 0.1) is 22.7 Å². The number of carbonyl (C=O) groups is 2. The summed E-state index contributed by atoms with van der Waals surface area (Å²) in [6.45, 7) is 0.582. The van der Waals surface area contributed by atoms with Gasteiger partial charge in [0.15, 0.2) is 0 Å². The highest BCUT2D eigenvalue weighted by Crippen LogP contribution is 2.18. The Bertz CT molecular complexity index is 981. The minimum Gasteiger partial charge on any atom is -0.445 e. The standard InChI is InChI=1S/C22H22N6O3/c23-11-17-8-9-20(25-13-17)26-14-19(21(29)28-10-4-7-18(28)12-24)27-22(30)31-15-16-5-2-1-3-6-16/h1-3,5-6,8-9,13,18-19H,4,7,10,14-15H2,(H,25,26)(H,27,30). The lowest BCUT2D eigenvalue weighted by Crippen LogP contribution is -2.53. The van der Waals surface area contributed by atoms with Crippen molar-refractivity contribution < 1.29 is 14.3 Å². The number of nitrogens with one attached hydrogen (secondary N) is 2. The number of aromatic nitrogens is 1. The van der Waals surface area contributed by atoms with E-state index in [0.717, 1.165) is 12.0 Å². The van der Waals surface area contributed by atoms with Crippen molar-refractivity contribution in [2.24, 2.45) is 0 Å². The highest BCUT2D eigenvalue weighted by Gasteiger charge is 2.34. The van der Waals surface area contributed by atoms with Crippen LogP contribution in [0.3, 0.4) is 0 Å². The normalized spacial score (nSPS) is 15.9. The Morgan fingerprint density at radius 1 is 1.23 bits per heavy atom. The number of rotatable bonds is 7. The fourth-order valence-corrected chi connectivity index (χ4v) is 3.24. The molecule has 9 heteroatoms. The molecule has 2 heterocycles. The van der Waals surface area contributed by atoms with Gasteiger partial charge in [-0.05, 0) is 30.5 Å². The van der Waals surface area contributed by atoms with Crippen molar-refractivity contribution in [3.63, 3.8) is 0 Å². The third-order valence-corrected chi connectivity index (χ3v) is 4.87. The molecule has 1 aliphatic rings. The number of hydrogen-bond donors (Lipinski definition) is 2. The molecule has 0 spiro atoms. The van der Waals surface area contributed by atoms with Gasteiger partial charge in [-0.25, -0.2) is 9.78 Å². The average Bonchev–Trinajstić information content (AvgIpc) is 3.30. The van der Waals surface area contributed by atoms with Crippen LogP contribution in [0.2, 0.25) is 0 Å². The zero-order valence-electron chi connectivity index (χ0n) is 16.8. The summed E-state index contributed by atoms with van der Waals surface area (Å²) >= 11 is 0. The van der Waals surface area contributed by atoms with Crippen molar-refractivity contribution in [3.05, 3.63) is 59.8 Å². The number of hydrogen-bond acceptors (Lipinski definition) is 7. The summed E-state index contributed by atoms with van der Waals surface area (Å²) in [5, 5.41) is 23.8. The number of benzene rings is 1. The van der Waals surface area contributed by atoms with Gasteiger partial charge in [-0.3, -0.25) is 4.79 Å². The van der Waals surface area contributed by atoms with E-state index in [1.54, 1.807) is 12.1 Å². The molecule has 2 amide bonds. The zero-order valence-corrected chi connectivity index (χ0v) is 16.8. The Balaban J connectivity index is 1.65. The Morgan fingerprint density at radius 3 is 2.71 bits per heavy atom. The molecule has 31 heavy (non-hydrogen) atoms. The number of anilines is 1. The van der Waals surface area contributed by atoms with Crippen LogP contribution >= 0.6 is 0 Å². The van der Waals surface area contributed by atoms with E-state index >= 15 is 0 Å². The topological polar surface area (TPSA) is 131 Å². The summed E-state index contributed by atoms with van der Waals surface area (Å²) < 4.78 is 5.24. The van der Waals surface area contributed by atoms with Crippen LogP contribution in [0.4, 0.5) is 10.6 Å². The molecule has 3 rings (SSSR count). The second kappa shape index (κ2) is 10.6. The van der Waals surface area contributed by atoms with Crippen LogP contribution in [0.25, 0.3) is 0 Å². The van der Waals surface area contributed by atoms with Crippen LogP contribution in [-0.2, 0) is 16.1 Å². The fraction of sp³-hybridized carbons (Fsp3) is 0.318. The number of ether oxygens (including phenoxy) is 1. The quantitative estimate of drug-likeness (QED) is 0.704. The van der Waals surface area contributed by atoms with E-state index in [4.69, 9.17) is 10.00 Å². The van der Waals surface area contributed by atoms with Crippen molar-refractivity contribution in [1.82, 2.24) is 15.2 Å². The Kier molecular flexibility index (Phi) is 7.39. The van der Waals surface area contributed by atoms with Gasteiger partial charge in [0, 0.05) is 19.3 Å². The maximum absolute atomic E-state index is 13.0. The predicted molar refractivity (Wildman–Crippen MR) is 111 cm³/mol. The van der Waals surface area contributed by atoms with Crippen LogP contribution in [0.5, 0.6) is 0 Å². The van der Waals surface area contributed by atoms with E-state index < -0.39 is 18.2 Å². The van der Waals surface area contributed by atoms with Gasteiger partial charge >= 0.3 is 6.09 Å². The third kappa shape index (κ3) is 5.94. The van der Waals surface area contributed by atoms with Gasteiger partial charge < -0.3 is 20.3 Å². The molecule has 1 fully saturated rings. The molecular formula is C22H22N6O3. The van der Waals surface area contributed by atoms with E-state index in [-0.39, 0.29) is 19.1 Å². The minimum atomic E-state index is -0.949. The van der Waals surface area contributed by atoms with Gasteiger partial charge in [0.25, 0.3) is 0 Å². The van der Waals surface area contributed by atoms with Crippen molar-refractivity contribution >= 4 is 17.8 Å². The number of carbonyl (C=O) groups excluding carboxylic acids is 2. The van der Waals surface area contributed by atoms with E-state index in [9.17, 15) is 14.9 Å². The van der Waals surface area contributed by atoms with Crippen LogP contribution in [0.15, 0.2) is 48.7 Å². The molecule has 0 radical (unpaired) electrons. The summed E-state index contributed by atoms with van der Waals surface area (Å²) in [5.74, 6) is 0.0939. The third-order valence-electron chi connectivity index (χ3n) is 4.87. The molecule has 2 aromatic rings. The van der Waals surface area contributed by atoms with Crippen molar-refractivity contribution in [3.8, 4) is 12.1 Å². The molecule has 9 nitrogen and oxygen atoms in total. The molecular weight excluding hydrogens is 396 g/mol. The maximum atomic E-state index is 13.0. The first-order valence-corrected chi connectivity index (χ1v) is 9.88. The molecule has 1 aromatic heterocycles. The van der Waals surface area contributed by atoms with E-state index in [2.05, 4.69) is 21.7 Å². The van der Waals surface area contributed by atoms with Crippen molar-refractivity contribution in [2.45, 2.75) is 31.5 Å². The second-order valence-electron chi connectivity index (χ2n) is 7.00. The summed E-state index contributed by atoms with van der Waals surface area (Å²) in [4.78, 5) is 31.0. The van der Waals surface area contributed by atoms with Crippen molar-refractivity contribution in [1.29, 1.82) is 10.5 Å². The molecule has 0 bridgehead atoms. The SMILES string of the molecule is N#Cc1ccc(NCC(NC(=O)OCc2ccccc2)C(=O)N2CCCC2C#N)nc1. The summed E-state index contributed by atoms with van der Waals surface area (Å²) in [7, 11) is 0. The summed E-state index contributed by atoms with van der Waals surface area (Å²) in [6, 6.07) is 15.1. The smallest absolute Gasteiger partial charge is 0.408 e. The van der Waals surface area contributed by atoms with Crippen LogP contribution in [-0.4, -0.2) is 47.1 Å². The largest absolute Gasteiger partial charge is 0.445 e. The number of nitriles is 2. The summed E-state index contributed by atoms with van der Waals surface area (Å²) in [6.07, 6.45) is 2.02. The molecule has 1 aromatic carbocycles. The van der Waals surface area contributed by atoms with E-state index in [1.807, 2.05) is 36.4 Å². The average molecular weight is 418 g/mol. The molecule has 1 aliphatic heterocycles. The number of alkyl carbamates (subject to hydrolysis) is 1. The van der Waals surface area contributed by atoms with E-state index in [0.29, 0.717) is 24.3 Å². The first kappa shape index (κ1) is 21.6. The van der Waals surface area contributed by atoms with Gasteiger partial charge in [0.1, 0.15) is 30.6 Å². The predicted octanol–water partition coefficient (Wildman–Crippen LogP) is 2.17. The second-order valence-corrected chi connectivity index (χ2v) is 7.00. The van der Waals surface area contributed by atoms with Gasteiger partial charge in [-0.2, -0.15) is 10.5 Å². The molecule has 158 valence electrons. The number of nitrogens with zero attached hydrogens (tertiary/aromatic N) is 4. The first-order chi connectivity index (χ1) is 15.1. The summed E-state index contributed by atoms with van der Waals surface area (Å²) in [5.41, 5.74) is 1.24. The first-order valence-electron chi connectivity index (χ1n) is 9.88. The van der Waals surface area contributed by atoms with Crippen LogP contribution in [0.1, 0.15) is 24.0 Å². The number of amides is 2. The van der Waals surface area contributed by atoms with Gasteiger partial charge in [-0.15, -0.1) is 0 Å². The lowest BCUT2D eigenvalue weighted by atomic mass is 10.2. The lowest BCUT2D eigenvalue weighted by molar-refractivity contribution is -0.133. The Hall–Kier alpha value is -4.11. The van der Waals surface area contributed by atoms with Gasteiger partial charge in [0.05, 0.1) is 11.6 Å². The number of pyridine rings is 1. The monoisotopic (exact) mass is 418 g/mol. The molecule has 2 atom stereocenters. The number of likely N-dealkylation sites (tertiary alicyclic amines) is 1. The lowest BCUT2D eigenvalue weighted by Gasteiger charge is -2.26. The van der Waals surface area contributed by atoms with Gasteiger partial charge in [-0.1, -0.05) is 30.3 Å². The maximum Gasteiger partial charge on any atom is 0.408 e. The molecule has 1 saturated heterocycles. The Labute approximate surface area is 180 Å².